The van der Waals surface area contributed by atoms with Gasteiger partial charge in [-0.3, -0.25) is 0 Å². The number of nitrogens with one attached hydrogen (secondary N) is 1. The van der Waals surface area contributed by atoms with Crippen molar-refractivity contribution in [3.05, 3.63) is 48.0 Å². The molecular weight excluding hydrogens is 316 g/mol. The maximum Gasteiger partial charge on any atom is 0.321 e. The Morgan fingerprint density at radius 2 is 2.36 bits per heavy atom. The Bertz CT molecular complexity index is 793. The number of anilines is 1. The van der Waals surface area contributed by atoms with E-state index in [4.69, 9.17) is 6.42 Å². The minimum Gasteiger partial charge on any atom is -0.385 e. The lowest BCUT2D eigenvalue weighted by atomic mass is 9.92. The van der Waals surface area contributed by atoms with Gasteiger partial charge in [-0.1, -0.05) is 12.0 Å². The molecule has 2 heterocycles. The number of piperidine rings is 1. The van der Waals surface area contributed by atoms with Gasteiger partial charge in [0, 0.05) is 49.7 Å². The Hall–Kier alpha value is -2.78. The summed E-state index contributed by atoms with van der Waals surface area (Å²) in [6.45, 7) is 1.17. The van der Waals surface area contributed by atoms with Crippen LogP contribution in [0, 0.1) is 18.3 Å². The van der Waals surface area contributed by atoms with Crippen LogP contribution in [0.1, 0.15) is 30.3 Å². The first kappa shape index (κ1) is 17.1. The lowest BCUT2D eigenvalue weighted by molar-refractivity contribution is 0.0552. The van der Waals surface area contributed by atoms with Gasteiger partial charge >= 0.3 is 6.03 Å². The average Bonchev–Trinajstić information content (AvgIpc) is 3.07. The van der Waals surface area contributed by atoms with E-state index in [1.807, 2.05) is 36.0 Å². The number of urea groups is 1. The van der Waals surface area contributed by atoms with Crippen LogP contribution in [0.25, 0.3) is 0 Å². The van der Waals surface area contributed by atoms with Gasteiger partial charge in [0.1, 0.15) is 11.9 Å². The van der Waals surface area contributed by atoms with Gasteiger partial charge < -0.3 is 19.9 Å². The summed E-state index contributed by atoms with van der Waals surface area (Å²) in [6.07, 6.45) is 9.91. The summed E-state index contributed by atoms with van der Waals surface area (Å²) in [5, 5.41) is 13.5. The molecule has 1 aliphatic rings. The van der Waals surface area contributed by atoms with Crippen molar-refractivity contribution in [3.63, 3.8) is 0 Å². The number of aryl methyl sites for hydroxylation is 1. The van der Waals surface area contributed by atoms with Crippen LogP contribution in [0.3, 0.4) is 0 Å². The molecule has 2 amide bonds. The maximum atomic E-state index is 12.5. The molecule has 1 aromatic heterocycles. The largest absolute Gasteiger partial charge is 0.385 e. The number of imidazole rings is 1. The first-order valence-electron chi connectivity index (χ1n) is 8.36. The van der Waals surface area contributed by atoms with Crippen LogP contribution in [0.2, 0.25) is 0 Å². The molecule has 6 heteroatoms. The van der Waals surface area contributed by atoms with Crippen molar-refractivity contribution in [3.8, 4) is 12.3 Å². The smallest absolute Gasteiger partial charge is 0.321 e. The standard InChI is InChI=1S/C19H22N4O2/c1-3-14-6-4-8-16(12-14)21-19(25)23-10-5-7-15(13-23)17(24)18-20-9-11-22(18)2/h1,4,6,8-9,11-12,15,17,24H,5,7,10,13H2,2H3,(H,21,25). The molecule has 0 saturated carbocycles. The highest BCUT2D eigenvalue weighted by Crippen LogP contribution is 2.29. The lowest BCUT2D eigenvalue weighted by Crippen LogP contribution is -2.44. The monoisotopic (exact) mass is 338 g/mol. The van der Waals surface area contributed by atoms with E-state index >= 15 is 0 Å². The van der Waals surface area contributed by atoms with Crippen LogP contribution in [-0.4, -0.2) is 38.7 Å². The number of terminal acetylenes is 1. The molecule has 2 atom stereocenters. The van der Waals surface area contributed by atoms with E-state index < -0.39 is 6.10 Å². The number of rotatable bonds is 3. The van der Waals surface area contributed by atoms with Gasteiger partial charge in [-0.05, 0) is 31.0 Å². The normalized spacial score (nSPS) is 18.4. The number of likely N-dealkylation sites (tertiary alicyclic amines) is 1. The molecule has 0 radical (unpaired) electrons. The van der Waals surface area contributed by atoms with E-state index in [2.05, 4.69) is 16.2 Å². The molecule has 0 bridgehead atoms. The third kappa shape index (κ3) is 3.83. The summed E-state index contributed by atoms with van der Waals surface area (Å²) in [7, 11) is 1.86. The molecule has 2 aromatic rings. The van der Waals surface area contributed by atoms with Gasteiger partial charge in [-0.15, -0.1) is 6.42 Å². The summed E-state index contributed by atoms with van der Waals surface area (Å²) >= 11 is 0. The highest BCUT2D eigenvalue weighted by molar-refractivity contribution is 5.89. The van der Waals surface area contributed by atoms with Crippen molar-refractivity contribution in [2.45, 2.75) is 18.9 Å². The second-order valence-corrected chi connectivity index (χ2v) is 6.34. The predicted molar refractivity (Wildman–Crippen MR) is 95.9 cm³/mol. The second-order valence-electron chi connectivity index (χ2n) is 6.34. The van der Waals surface area contributed by atoms with Crippen molar-refractivity contribution in [1.82, 2.24) is 14.5 Å². The fraction of sp³-hybridized carbons (Fsp3) is 0.368. The summed E-state index contributed by atoms with van der Waals surface area (Å²) in [6, 6.07) is 7.03. The zero-order valence-corrected chi connectivity index (χ0v) is 14.2. The van der Waals surface area contributed by atoms with Crippen molar-refractivity contribution < 1.29 is 9.90 Å². The Labute approximate surface area is 147 Å². The molecule has 1 aliphatic heterocycles. The van der Waals surface area contributed by atoms with E-state index in [-0.39, 0.29) is 11.9 Å². The van der Waals surface area contributed by atoms with Crippen molar-refractivity contribution in [1.29, 1.82) is 0 Å². The summed E-state index contributed by atoms with van der Waals surface area (Å²) in [5.41, 5.74) is 1.40. The first-order chi connectivity index (χ1) is 12.1. The van der Waals surface area contributed by atoms with Gasteiger partial charge in [-0.2, -0.15) is 0 Å². The molecule has 1 fully saturated rings. The number of carbonyl (C=O) groups excluding carboxylic acids is 1. The SMILES string of the molecule is C#Cc1cccc(NC(=O)N2CCCC(C(O)c3nccn3C)C2)c1. The number of nitrogens with zero attached hydrogens (tertiary/aromatic N) is 3. The van der Waals surface area contributed by atoms with E-state index in [1.165, 1.54) is 0 Å². The minimum absolute atomic E-state index is 0.0300. The van der Waals surface area contributed by atoms with Crippen LogP contribution >= 0.6 is 0 Å². The number of amides is 2. The summed E-state index contributed by atoms with van der Waals surface area (Å²) < 4.78 is 1.81. The average molecular weight is 338 g/mol. The number of carbonyl (C=O) groups is 1. The van der Waals surface area contributed by atoms with Gasteiger partial charge in [-0.25, -0.2) is 9.78 Å². The fourth-order valence-electron chi connectivity index (χ4n) is 3.21. The molecule has 0 spiro atoms. The predicted octanol–water partition coefficient (Wildman–Crippen LogP) is 2.38. The molecule has 2 N–H and O–H groups in total. The molecule has 25 heavy (non-hydrogen) atoms. The van der Waals surface area contributed by atoms with E-state index in [0.717, 1.165) is 18.4 Å². The van der Waals surface area contributed by atoms with E-state index in [9.17, 15) is 9.90 Å². The van der Waals surface area contributed by atoms with E-state index in [1.54, 1.807) is 17.2 Å². The second kappa shape index (κ2) is 7.41. The Balaban J connectivity index is 1.65. The van der Waals surface area contributed by atoms with Crippen molar-refractivity contribution >= 4 is 11.7 Å². The number of hydrogen-bond acceptors (Lipinski definition) is 3. The number of hydrogen-bond donors (Lipinski definition) is 2. The Morgan fingerprint density at radius 1 is 1.52 bits per heavy atom. The number of aliphatic hydroxyl groups is 1. The van der Waals surface area contributed by atoms with Crippen LogP contribution < -0.4 is 5.32 Å². The van der Waals surface area contributed by atoms with Crippen LogP contribution in [0.15, 0.2) is 36.7 Å². The minimum atomic E-state index is -0.680. The number of aromatic nitrogens is 2. The fourth-order valence-corrected chi connectivity index (χ4v) is 3.21. The van der Waals surface area contributed by atoms with Crippen LogP contribution in [0.5, 0.6) is 0 Å². The van der Waals surface area contributed by atoms with Gasteiger partial charge in [0.25, 0.3) is 0 Å². The first-order valence-corrected chi connectivity index (χ1v) is 8.36. The molecule has 2 unspecified atom stereocenters. The van der Waals surface area contributed by atoms with Gasteiger partial charge in [0.05, 0.1) is 0 Å². The van der Waals surface area contributed by atoms with Gasteiger partial charge in [0.2, 0.25) is 0 Å². The highest BCUT2D eigenvalue weighted by Gasteiger charge is 2.31. The summed E-state index contributed by atoms with van der Waals surface area (Å²) in [4.78, 5) is 18.5. The Kier molecular flexibility index (Phi) is 5.05. The molecule has 6 nitrogen and oxygen atoms in total. The molecule has 0 aliphatic carbocycles. The maximum absolute atomic E-state index is 12.5. The lowest BCUT2D eigenvalue weighted by Gasteiger charge is -2.34. The molecule has 130 valence electrons. The van der Waals surface area contributed by atoms with Crippen LogP contribution in [0.4, 0.5) is 10.5 Å². The van der Waals surface area contributed by atoms with Crippen molar-refractivity contribution in [2.24, 2.45) is 13.0 Å². The molecule has 3 rings (SSSR count). The highest BCUT2D eigenvalue weighted by atomic mass is 16.3. The molecule has 1 aromatic carbocycles. The number of aliphatic hydroxyl groups excluding tert-OH is 1. The van der Waals surface area contributed by atoms with Crippen LogP contribution in [-0.2, 0) is 7.05 Å². The quantitative estimate of drug-likeness (QED) is 0.844. The zero-order chi connectivity index (χ0) is 17.8. The molecule has 1 saturated heterocycles. The topological polar surface area (TPSA) is 70.4 Å². The zero-order valence-electron chi connectivity index (χ0n) is 14.2. The third-order valence-corrected chi connectivity index (χ3v) is 4.60. The number of benzene rings is 1. The molecular formula is C19H22N4O2. The van der Waals surface area contributed by atoms with Gasteiger partial charge in [0.15, 0.2) is 0 Å². The third-order valence-electron chi connectivity index (χ3n) is 4.60. The Morgan fingerprint density at radius 3 is 3.08 bits per heavy atom. The van der Waals surface area contributed by atoms with E-state index in [0.29, 0.717) is 24.6 Å². The van der Waals surface area contributed by atoms with Crippen molar-refractivity contribution in [2.75, 3.05) is 18.4 Å². The summed E-state index contributed by atoms with van der Waals surface area (Å²) in [5.74, 6) is 3.16.